The number of nitrogens with one attached hydrogen (secondary N) is 1. The first-order chi connectivity index (χ1) is 10.3. The zero-order valence-electron chi connectivity index (χ0n) is 11.4. The van der Waals surface area contributed by atoms with Gasteiger partial charge in [0.15, 0.2) is 17.4 Å². The van der Waals surface area contributed by atoms with Crippen molar-refractivity contribution in [1.29, 1.82) is 0 Å². The molecule has 0 atom stereocenters. The van der Waals surface area contributed by atoms with Gasteiger partial charge >= 0.3 is 0 Å². The standard InChI is InChI=1S/C15H11F4NO2/c1-7-2-4-8(5-3-7)6-20-15(22)9-10(16)12(18)14(21)13(19)11(9)17/h2-5,21H,6H2,1H3,(H,20,22). The number of aromatic hydroxyl groups is 1. The third-order valence-electron chi connectivity index (χ3n) is 3.04. The largest absolute Gasteiger partial charge is 0.503 e. The van der Waals surface area contributed by atoms with E-state index in [1.807, 2.05) is 6.92 Å². The molecule has 2 N–H and O–H groups in total. The number of carbonyl (C=O) groups is 1. The van der Waals surface area contributed by atoms with Gasteiger partial charge in [-0.05, 0) is 12.5 Å². The first-order valence-corrected chi connectivity index (χ1v) is 6.21. The highest BCUT2D eigenvalue weighted by atomic mass is 19.2. The summed E-state index contributed by atoms with van der Waals surface area (Å²) in [7, 11) is 0. The Balaban J connectivity index is 2.25. The zero-order chi connectivity index (χ0) is 16.4. The lowest BCUT2D eigenvalue weighted by Gasteiger charge is -2.09. The fourth-order valence-electron chi connectivity index (χ4n) is 1.80. The van der Waals surface area contributed by atoms with Crippen LogP contribution in [0.25, 0.3) is 0 Å². The van der Waals surface area contributed by atoms with Crippen molar-refractivity contribution in [2.75, 3.05) is 0 Å². The lowest BCUT2D eigenvalue weighted by Crippen LogP contribution is -2.26. The van der Waals surface area contributed by atoms with Crippen LogP contribution in [0.1, 0.15) is 21.5 Å². The van der Waals surface area contributed by atoms with Crippen LogP contribution in [0.2, 0.25) is 0 Å². The van der Waals surface area contributed by atoms with E-state index in [1.54, 1.807) is 24.3 Å². The van der Waals surface area contributed by atoms with Crippen LogP contribution in [-0.2, 0) is 6.54 Å². The molecular formula is C15H11F4NO2. The Kier molecular flexibility index (Phi) is 4.35. The molecule has 0 spiro atoms. The Hall–Kier alpha value is -2.57. The molecule has 3 nitrogen and oxygen atoms in total. The normalized spacial score (nSPS) is 10.6. The average Bonchev–Trinajstić information content (AvgIpc) is 2.50. The molecule has 0 aliphatic heterocycles. The summed E-state index contributed by atoms with van der Waals surface area (Å²) in [6, 6.07) is 6.89. The van der Waals surface area contributed by atoms with Crippen molar-refractivity contribution < 1.29 is 27.5 Å². The molecule has 0 aromatic heterocycles. The molecular weight excluding hydrogens is 302 g/mol. The first kappa shape index (κ1) is 15.8. The molecule has 0 unspecified atom stereocenters. The number of phenolic OH excluding ortho intramolecular Hbond substituents is 1. The van der Waals surface area contributed by atoms with Crippen molar-refractivity contribution in [3.63, 3.8) is 0 Å². The van der Waals surface area contributed by atoms with Gasteiger partial charge in [0.05, 0.1) is 0 Å². The maximum Gasteiger partial charge on any atom is 0.257 e. The number of hydrogen-bond acceptors (Lipinski definition) is 2. The third kappa shape index (κ3) is 2.88. The number of rotatable bonds is 3. The minimum Gasteiger partial charge on any atom is -0.503 e. The Bertz CT molecular complexity index is 700. The van der Waals surface area contributed by atoms with Crippen molar-refractivity contribution in [2.45, 2.75) is 13.5 Å². The molecule has 2 aromatic rings. The number of amides is 1. The fourth-order valence-corrected chi connectivity index (χ4v) is 1.80. The zero-order valence-corrected chi connectivity index (χ0v) is 11.4. The van der Waals surface area contributed by atoms with Crippen LogP contribution in [0.3, 0.4) is 0 Å². The summed E-state index contributed by atoms with van der Waals surface area (Å²) in [4.78, 5) is 11.7. The highest BCUT2D eigenvalue weighted by molar-refractivity contribution is 5.95. The number of aryl methyl sites for hydroxylation is 1. The van der Waals surface area contributed by atoms with Gasteiger partial charge in [-0.3, -0.25) is 4.79 Å². The summed E-state index contributed by atoms with van der Waals surface area (Å²) in [5, 5.41) is 11.0. The van der Waals surface area contributed by atoms with Gasteiger partial charge in [-0.1, -0.05) is 29.8 Å². The van der Waals surface area contributed by atoms with Gasteiger partial charge in [-0.25, -0.2) is 8.78 Å². The predicted molar refractivity (Wildman–Crippen MR) is 70.3 cm³/mol. The first-order valence-electron chi connectivity index (χ1n) is 6.21. The topological polar surface area (TPSA) is 49.3 Å². The average molecular weight is 313 g/mol. The molecule has 7 heteroatoms. The van der Waals surface area contributed by atoms with Crippen molar-refractivity contribution >= 4 is 5.91 Å². The maximum absolute atomic E-state index is 13.5. The monoisotopic (exact) mass is 313 g/mol. The molecule has 0 radical (unpaired) electrons. The van der Waals surface area contributed by atoms with Crippen molar-refractivity contribution in [1.82, 2.24) is 5.32 Å². The smallest absolute Gasteiger partial charge is 0.257 e. The minimum atomic E-state index is -2.01. The van der Waals surface area contributed by atoms with Crippen LogP contribution in [0, 0.1) is 30.2 Å². The van der Waals surface area contributed by atoms with E-state index >= 15 is 0 Å². The van der Waals surface area contributed by atoms with Gasteiger partial charge in [0, 0.05) is 6.54 Å². The van der Waals surface area contributed by atoms with Gasteiger partial charge in [0.1, 0.15) is 5.56 Å². The van der Waals surface area contributed by atoms with Gasteiger partial charge in [0.25, 0.3) is 5.91 Å². The summed E-state index contributed by atoms with van der Waals surface area (Å²) in [6.07, 6.45) is 0. The van der Waals surface area contributed by atoms with Gasteiger partial charge < -0.3 is 10.4 Å². The SMILES string of the molecule is Cc1ccc(CNC(=O)c2c(F)c(F)c(O)c(F)c2F)cc1. The molecule has 0 saturated heterocycles. The number of halogens is 4. The Labute approximate surface area is 123 Å². The highest BCUT2D eigenvalue weighted by Gasteiger charge is 2.29. The van der Waals surface area contributed by atoms with Gasteiger partial charge in [-0.15, -0.1) is 0 Å². The number of hydrogen-bond donors (Lipinski definition) is 2. The van der Waals surface area contributed by atoms with Crippen LogP contribution in [0.5, 0.6) is 5.75 Å². The van der Waals surface area contributed by atoms with E-state index < -0.39 is 40.5 Å². The number of carbonyl (C=O) groups excluding carboxylic acids is 1. The third-order valence-corrected chi connectivity index (χ3v) is 3.04. The van der Waals surface area contributed by atoms with Gasteiger partial charge in [0.2, 0.25) is 11.6 Å². The van der Waals surface area contributed by atoms with Crippen molar-refractivity contribution in [3.05, 3.63) is 64.2 Å². The second-order valence-corrected chi connectivity index (χ2v) is 4.65. The van der Waals surface area contributed by atoms with Crippen molar-refractivity contribution in [2.24, 2.45) is 0 Å². The predicted octanol–water partition coefficient (Wildman–Crippen LogP) is 3.19. The molecule has 0 aliphatic carbocycles. The van der Waals surface area contributed by atoms with E-state index in [0.29, 0.717) is 5.56 Å². The molecule has 0 saturated carbocycles. The van der Waals surface area contributed by atoms with Gasteiger partial charge in [-0.2, -0.15) is 8.78 Å². The van der Waals surface area contributed by atoms with Crippen LogP contribution in [0.4, 0.5) is 17.6 Å². The summed E-state index contributed by atoms with van der Waals surface area (Å²) in [5.41, 5.74) is 0.203. The minimum absolute atomic E-state index is 0.0812. The van der Waals surface area contributed by atoms with E-state index in [2.05, 4.69) is 5.32 Å². The summed E-state index contributed by atoms with van der Waals surface area (Å²) in [5.74, 6) is -11.0. The number of benzene rings is 2. The van der Waals surface area contributed by atoms with E-state index in [1.165, 1.54) is 0 Å². The second-order valence-electron chi connectivity index (χ2n) is 4.65. The molecule has 1 amide bonds. The summed E-state index contributed by atoms with van der Waals surface area (Å²) < 4.78 is 53.4. The van der Waals surface area contributed by atoms with E-state index in [0.717, 1.165) is 5.56 Å². The van der Waals surface area contributed by atoms with Crippen LogP contribution < -0.4 is 5.32 Å². The molecule has 0 aliphatic rings. The van der Waals surface area contributed by atoms with Crippen LogP contribution in [0.15, 0.2) is 24.3 Å². The Morgan fingerprint density at radius 1 is 1.00 bits per heavy atom. The van der Waals surface area contributed by atoms with E-state index in [9.17, 15) is 22.4 Å². The quantitative estimate of drug-likeness (QED) is 0.675. The molecule has 0 bridgehead atoms. The molecule has 2 aromatic carbocycles. The molecule has 0 fully saturated rings. The maximum atomic E-state index is 13.5. The molecule has 116 valence electrons. The second kappa shape index (κ2) is 6.05. The Morgan fingerprint density at radius 2 is 1.50 bits per heavy atom. The molecule has 2 rings (SSSR count). The molecule has 0 heterocycles. The molecule has 22 heavy (non-hydrogen) atoms. The van der Waals surface area contributed by atoms with E-state index in [-0.39, 0.29) is 6.54 Å². The Morgan fingerprint density at radius 3 is 2.00 bits per heavy atom. The summed E-state index contributed by atoms with van der Waals surface area (Å²) >= 11 is 0. The highest BCUT2D eigenvalue weighted by Crippen LogP contribution is 2.28. The van der Waals surface area contributed by atoms with Crippen LogP contribution in [-0.4, -0.2) is 11.0 Å². The van der Waals surface area contributed by atoms with Crippen molar-refractivity contribution in [3.8, 4) is 5.75 Å². The number of phenols is 1. The van der Waals surface area contributed by atoms with Crippen LogP contribution >= 0.6 is 0 Å². The fraction of sp³-hybridized carbons (Fsp3) is 0.133. The van der Waals surface area contributed by atoms with E-state index in [4.69, 9.17) is 5.11 Å². The lowest BCUT2D eigenvalue weighted by atomic mass is 10.1. The lowest BCUT2D eigenvalue weighted by molar-refractivity contribution is 0.0939. The summed E-state index contributed by atoms with van der Waals surface area (Å²) in [6.45, 7) is 1.78.